The maximum Gasteiger partial charge on any atom is 0.224 e. The van der Waals surface area contributed by atoms with Crippen molar-refractivity contribution in [3.8, 4) is 0 Å². The largest absolute Gasteiger partial charge is 0.366 e. The van der Waals surface area contributed by atoms with Crippen LogP contribution in [0.4, 0.5) is 0 Å². The van der Waals surface area contributed by atoms with Gasteiger partial charge in [-0.3, -0.25) is 5.43 Å². The van der Waals surface area contributed by atoms with Crippen LogP contribution in [0.15, 0.2) is 64.9 Å². The van der Waals surface area contributed by atoms with Gasteiger partial charge in [-0.15, -0.1) is 0 Å². The molecule has 4 heteroatoms. The molecule has 0 aliphatic carbocycles. The normalized spacial score (nSPS) is 20.8. The van der Waals surface area contributed by atoms with Crippen LogP contribution in [0.1, 0.15) is 37.0 Å². The topological polar surface area (TPSA) is 46.0 Å². The predicted octanol–water partition coefficient (Wildman–Crippen LogP) is 3.85. The summed E-state index contributed by atoms with van der Waals surface area (Å²) in [6.07, 6.45) is 0.668. The van der Waals surface area contributed by atoms with E-state index in [4.69, 9.17) is 4.84 Å². The minimum atomic E-state index is -0.615. The predicted molar refractivity (Wildman–Crippen MR) is 93.6 cm³/mol. The lowest BCUT2D eigenvalue weighted by Gasteiger charge is -2.21. The summed E-state index contributed by atoms with van der Waals surface area (Å²) in [5.41, 5.74) is 7.76. The monoisotopic (exact) mass is 307 g/mol. The van der Waals surface area contributed by atoms with Crippen molar-refractivity contribution in [2.45, 2.75) is 32.9 Å². The van der Waals surface area contributed by atoms with E-state index < -0.39 is 5.72 Å². The summed E-state index contributed by atoms with van der Waals surface area (Å²) >= 11 is 0. The molecule has 1 N–H and O–H groups in total. The van der Waals surface area contributed by atoms with Gasteiger partial charge in [-0.25, -0.2) is 0 Å². The lowest BCUT2D eigenvalue weighted by atomic mass is 10.0. The minimum Gasteiger partial charge on any atom is -0.366 e. The molecule has 0 bridgehead atoms. The van der Waals surface area contributed by atoms with Crippen molar-refractivity contribution in [3.05, 3.63) is 71.3 Å². The fourth-order valence-corrected chi connectivity index (χ4v) is 2.45. The molecular formula is C19H21N3O. The molecule has 1 unspecified atom stereocenters. The molecular weight excluding hydrogens is 286 g/mol. The zero-order valence-corrected chi connectivity index (χ0v) is 13.7. The molecule has 1 aliphatic rings. The van der Waals surface area contributed by atoms with Crippen LogP contribution >= 0.6 is 0 Å². The minimum absolute atomic E-state index is 0.615. The third-order valence-electron chi connectivity index (χ3n) is 3.90. The van der Waals surface area contributed by atoms with E-state index >= 15 is 0 Å². The van der Waals surface area contributed by atoms with Crippen LogP contribution in [0, 0.1) is 6.92 Å². The molecule has 1 aliphatic heterocycles. The third kappa shape index (κ3) is 3.59. The van der Waals surface area contributed by atoms with Crippen molar-refractivity contribution in [2.75, 3.05) is 0 Å². The first-order valence-electron chi connectivity index (χ1n) is 7.75. The molecule has 1 heterocycles. The maximum absolute atomic E-state index is 5.59. The molecule has 23 heavy (non-hydrogen) atoms. The Kier molecular flexibility index (Phi) is 4.15. The van der Waals surface area contributed by atoms with Crippen LogP contribution in [0.3, 0.4) is 0 Å². The number of hydrazone groups is 1. The van der Waals surface area contributed by atoms with Crippen LogP contribution in [0.5, 0.6) is 0 Å². The van der Waals surface area contributed by atoms with Gasteiger partial charge in [-0.05, 0) is 31.9 Å². The van der Waals surface area contributed by atoms with Crippen molar-refractivity contribution in [1.82, 2.24) is 5.43 Å². The summed E-state index contributed by atoms with van der Waals surface area (Å²) < 4.78 is 0. The number of rotatable bonds is 4. The average Bonchev–Trinajstić information content (AvgIpc) is 2.97. The van der Waals surface area contributed by atoms with Gasteiger partial charge in [0, 0.05) is 0 Å². The van der Waals surface area contributed by atoms with Crippen LogP contribution in [-0.2, 0) is 4.84 Å². The van der Waals surface area contributed by atoms with E-state index in [1.807, 2.05) is 44.2 Å². The van der Waals surface area contributed by atoms with Gasteiger partial charge in [-0.2, -0.15) is 5.10 Å². The van der Waals surface area contributed by atoms with Crippen molar-refractivity contribution in [1.29, 1.82) is 0 Å². The zero-order chi connectivity index (χ0) is 16.3. The second-order valence-corrected chi connectivity index (χ2v) is 6.08. The fourth-order valence-electron chi connectivity index (χ4n) is 2.45. The van der Waals surface area contributed by atoms with E-state index in [-0.39, 0.29) is 0 Å². The van der Waals surface area contributed by atoms with E-state index in [2.05, 4.69) is 46.9 Å². The van der Waals surface area contributed by atoms with Crippen LogP contribution in [-0.4, -0.2) is 17.1 Å². The lowest BCUT2D eigenvalue weighted by Crippen LogP contribution is -2.39. The van der Waals surface area contributed by atoms with Crippen LogP contribution < -0.4 is 5.43 Å². The Morgan fingerprint density at radius 3 is 2.52 bits per heavy atom. The van der Waals surface area contributed by atoms with E-state index in [1.165, 1.54) is 5.56 Å². The van der Waals surface area contributed by atoms with Gasteiger partial charge in [0.1, 0.15) is 0 Å². The molecule has 0 saturated heterocycles. The first kappa shape index (κ1) is 15.3. The molecule has 0 radical (unpaired) electrons. The van der Waals surface area contributed by atoms with E-state index in [0.29, 0.717) is 6.42 Å². The van der Waals surface area contributed by atoms with Gasteiger partial charge in [-0.1, -0.05) is 65.3 Å². The van der Waals surface area contributed by atoms with E-state index in [9.17, 15) is 0 Å². The Morgan fingerprint density at radius 2 is 1.83 bits per heavy atom. The first-order chi connectivity index (χ1) is 11.1. The first-order valence-corrected chi connectivity index (χ1v) is 7.75. The SMILES string of the molecule is C/C(=N/NC1(C)CC(c2ccc(C)cc2)=NO1)c1ccccc1. The van der Waals surface area contributed by atoms with Crippen molar-refractivity contribution >= 4 is 11.4 Å². The average molecular weight is 307 g/mol. The van der Waals surface area contributed by atoms with E-state index in [0.717, 1.165) is 22.6 Å². The molecule has 0 spiro atoms. The van der Waals surface area contributed by atoms with Crippen molar-refractivity contribution in [2.24, 2.45) is 10.3 Å². The number of hydrogen-bond donors (Lipinski definition) is 1. The van der Waals surface area contributed by atoms with Crippen LogP contribution in [0.2, 0.25) is 0 Å². The summed E-state index contributed by atoms with van der Waals surface area (Å²) in [6.45, 7) is 6.01. The second-order valence-electron chi connectivity index (χ2n) is 6.08. The molecule has 118 valence electrons. The number of nitrogens with zero attached hydrogens (tertiary/aromatic N) is 2. The highest BCUT2D eigenvalue weighted by Gasteiger charge is 2.34. The molecule has 0 fully saturated rings. The highest BCUT2D eigenvalue weighted by Crippen LogP contribution is 2.24. The van der Waals surface area contributed by atoms with Gasteiger partial charge >= 0.3 is 0 Å². The standard InChI is InChI=1S/C19H21N3O/c1-14-9-11-17(12-10-14)18-13-19(3,23-21-18)22-20-15(2)16-7-5-4-6-8-16/h4-12,22H,13H2,1-3H3/b20-15-. The molecule has 0 amide bonds. The Labute approximate surface area is 136 Å². The molecule has 0 saturated carbocycles. The number of hydrogen-bond acceptors (Lipinski definition) is 4. The number of aryl methyl sites for hydroxylation is 1. The van der Waals surface area contributed by atoms with E-state index in [1.54, 1.807) is 0 Å². The molecule has 3 rings (SSSR count). The number of benzene rings is 2. The van der Waals surface area contributed by atoms with Gasteiger partial charge in [0.25, 0.3) is 0 Å². The molecule has 0 aromatic heterocycles. The Hall–Kier alpha value is -2.62. The third-order valence-corrected chi connectivity index (χ3v) is 3.90. The smallest absolute Gasteiger partial charge is 0.224 e. The molecule has 2 aromatic carbocycles. The fraction of sp³-hybridized carbons (Fsp3) is 0.263. The van der Waals surface area contributed by atoms with Gasteiger partial charge in [0.2, 0.25) is 5.72 Å². The van der Waals surface area contributed by atoms with Crippen molar-refractivity contribution < 1.29 is 4.84 Å². The highest BCUT2D eigenvalue weighted by molar-refractivity contribution is 6.01. The number of nitrogens with one attached hydrogen (secondary N) is 1. The highest BCUT2D eigenvalue weighted by atomic mass is 16.7. The quantitative estimate of drug-likeness (QED) is 0.689. The molecule has 2 aromatic rings. The Morgan fingerprint density at radius 1 is 1.13 bits per heavy atom. The van der Waals surface area contributed by atoms with Gasteiger partial charge < -0.3 is 4.84 Å². The van der Waals surface area contributed by atoms with Gasteiger partial charge in [0.15, 0.2) is 0 Å². The van der Waals surface area contributed by atoms with Gasteiger partial charge in [0.05, 0.1) is 17.8 Å². The van der Waals surface area contributed by atoms with Crippen LogP contribution in [0.25, 0.3) is 0 Å². The zero-order valence-electron chi connectivity index (χ0n) is 13.7. The second kappa shape index (κ2) is 6.24. The molecule has 4 nitrogen and oxygen atoms in total. The Bertz CT molecular complexity index is 735. The summed E-state index contributed by atoms with van der Waals surface area (Å²) in [6, 6.07) is 18.4. The summed E-state index contributed by atoms with van der Waals surface area (Å²) in [5, 5.41) is 8.68. The lowest BCUT2D eigenvalue weighted by molar-refractivity contribution is -0.0298. The number of oxime groups is 1. The maximum atomic E-state index is 5.59. The summed E-state index contributed by atoms with van der Waals surface area (Å²) in [7, 11) is 0. The summed E-state index contributed by atoms with van der Waals surface area (Å²) in [5.74, 6) is 0. The Balaban J connectivity index is 1.67. The molecule has 1 atom stereocenters. The van der Waals surface area contributed by atoms with Crippen molar-refractivity contribution in [3.63, 3.8) is 0 Å². The summed E-state index contributed by atoms with van der Waals surface area (Å²) in [4.78, 5) is 5.59.